The molecule has 0 saturated carbocycles. The molecule has 2 atom stereocenters. The summed E-state index contributed by atoms with van der Waals surface area (Å²) in [5.41, 5.74) is 0. The lowest BCUT2D eigenvalue weighted by molar-refractivity contribution is 0.375. The lowest BCUT2D eigenvalue weighted by Gasteiger charge is -1.92. The number of halogens is 1. The summed E-state index contributed by atoms with van der Waals surface area (Å²) in [4.78, 5) is 4.15. The maximum Gasteiger partial charge on any atom is 0.239 e. The molecule has 0 radical (unpaired) electrons. The van der Waals surface area contributed by atoms with Crippen molar-refractivity contribution < 1.29 is 4.52 Å². The van der Waals surface area contributed by atoms with Gasteiger partial charge in [0.05, 0.1) is 9.17 Å². The minimum Gasteiger partial charge on any atom is -0.338 e. The molecule has 1 heterocycles. The predicted octanol–water partition coefficient (Wildman–Crippen LogP) is 2.56. The highest BCUT2D eigenvalue weighted by atomic mass is 127. The summed E-state index contributed by atoms with van der Waals surface area (Å²) in [7, 11) is 0. The predicted molar refractivity (Wildman–Crippen MR) is 54.1 cm³/mol. The van der Waals surface area contributed by atoms with E-state index in [1.165, 1.54) is 0 Å². The largest absolute Gasteiger partial charge is 0.338 e. The molecule has 0 aliphatic heterocycles. The number of hydrogen-bond acceptors (Lipinski definition) is 4. The highest BCUT2D eigenvalue weighted by molar-refractivity contribution is 14.1. The van der Waals surface area contributed by atoms with Gasteiger partial charge in [0.25, 0.3) is 0 Å². The van der Waals surface area contributed by atoms with E-state index < -0.39 is 0 Å². The molecule has 1 aromatic heterocycles. The van der Waals surface area contributed by atoms with Gasteiger partial charge in [0.2, 0.25) is 5.89 Å². The van der Waals surface area contributed by atoms with Crippen molar-refractivity contribution in [2.45, 2.75) is 23.0 Å². The Hall–Kier alpha value is 0.220. The normalized spacial score (nSPS) is 16.4. The molecule has 0 N–H and O–H groups in total. The van der Waals surface area contributed by atoms with Crippen molar-refractivity contribution in [1.82, 2.24) is 10.1 Å². The molecule has 1 aromatic rings. The number of nitrogens with zero attached hydrogens (tertiary/aromatic N) is 2. The number of hydrogen-bond donors (Lipinski definition) is 1. The highest BCUT2D eigenvalue weighted by Crippen LogP contribution is 2.22. The number of alkyl halides is 1. The van der Waals surface area contributed by atoms with Crippen LogP contribution >= 0.6 is 35.2 Å². The molecule has 62 valence electrons. The molecule has 0 fully saturated rings. The number of thiol groups is 1. The average Bonchev–Trinajstić information content (AvgIpc) is 2.33. The van der Waals surface area contributed by atoms with Gasteiger partial charge < -0.3 is 4.52 Å². The Bertz CT molecular complexity index is 214. The Morgan fingerprint density at radius 3 is 2.45 bits per heavy atom. The molecule has 0 aromatic carbocycles. The van der Waals surface area contributed by atoms with Crippen molar-refractivity contribution >= 4 is 35.2 Å². The van der Waals surface area contributed by atoms with E-state index in [2.05, 4.69) is 45.4 Å². The van der Waals surface area contributed by atoms with Gasteiger partial charge in [-0.25, -0.2) is 0 Å². The Kier molecular flexibility index (Phi) is 3.17. The van der Waals surface area contributed by atoms with Crippen LogP contribution in [0.3, 0.4) is 0 Å². The topological polar surface area (TPSA) is 38.9 Å². The first-order valence-electron chi connectivity index (χ1n) is 3.27. The van der Waals surface area contributed by atoms with Crippen LogP contribution in [0, 0.1) is 0 Å². The fourth-order valence-corrected chi connectivity index (χ4v) is 0.936. The van der Waals surface area contributed by atoms with Gasteiger partial charge in [0.1, 0.15) is 0 Å². The van der Waals surface area contributed by atoms with Gasteiger partial charge >= 0.3 is 0 Å². The van der Waals surface area contributed by atoms with Gasteiger partial charge in [-0.2, -0.15) is 17.6 Å². The SMILES string of the molecule is CC(S)c1nc(C(C)I)no1. The number of rotatable bonds is 2. The van der Waals surface area contributed by atoms with E-state index in [-0.39, 0.29) is 9.17 Å². The summed E-state index contributed by atoms with van der Waals surface area (Å²) < 4.78 is 5.23. The zero-order chi connectivity index (χ0) is 8.43. The molecule has 5 heteroatoms. The lowest BCUT2D eigenvalue weighted by Crippen LogP contribution is -1.88. The van der Waals surface area contributed by atoms with E-state index >= 15 is 0 Å². The van der Waals surface area contributed by atoms with Crippen LogP contribution in [0.1, 0.15) is 34.7 Å². The van der Waals surface area contributed by atoms with Crippen LogP contribution < -0.4 is 0 Å². The monoisotopic (exact) mass is 284 g/mol. The van der Waals surface area contributed by atoms with E-state index in [9.17, 15) is 0 Å². The van der Waals surface area contributed by atoms with E-state index in [4.69, 9.17) is 4.52 Å². The lowest BCUT2D eigenvalue weighted by atomic mass is 10.4. The zero-order valence-electron chi connectivity index (χ0n) is 6.28. The van der Waals surface area contributed by atoms with Crippen LogP contribution in [0.15, 0.2) is 4.52 Å². The first kappa shape index (κ1) is 9.31. The molecule has 1 rings (SSSR count). The summed E-state index contributed by atoms with van der Waals surface area (Å²) in [6, 6.07) is 0. The second kappa shape index (κ2) is 3.75. The molecule has 0 aliphatic carbocycles. The maximum atomic E-state index is 4.95. The van der Waals surface area contributed by atoms with E-state index in [0.717, 1.165) is 5.82 Å². The van der Waals surface area contributed by atoms with Crippen LogP contribution in [0.2, 0.25) is 0 Å². The van der Waals surface area contributed by atoms with Gasteiger partial charge in [-0.15, -0.1) is 0 Å². The first-order valence-corrected chi connectivity index (χ1v) is 5.03. The summed E-state index contributed by atoms with van der Waals surface area (Å²) >= 11 is 6.41. The smallest absolute Gasteiger partial charge is 0.239 e. The van der Waals surface area contributed by atoms with Gasteiger partial charge in [-0.3, -0.25) is 0 Å². The second-order valence-electron chi connectivity index (χ2n) is 2.28. The van der Waals surface area contributed by atoms with Crippen LogP contribution in [0.4, 0.5) is 0 Å². The Morgan fingerprint density at radius 2 is 2.18 bits per heavy atom. The van der Waals surface area contributed by atoms with Crippen molar-refractivity contribution in [3.05, 3.63) is 11.7 Å². The van der Waals surface area contributed by atoms with E-state index in [1.54, 1.807) is 0 Å². The van der Waals surface area contributed by atoms with Gasteiger partial charge in [0.15, 0.2) is 5.82 Å². The van der Waals surface area contributed by atoms with Crippen molar-refractivity contribution in [1.29, 1.82) is 0 Å². The van der Waals surface area contributed by atoms with E-state index in [1.807, 2.05) is 13.8 Å². The van der Waals surface area contributed by atoms with Crippen molar-refractivity contribution in [2.24, 2.45) is 0 Å². The zero-order valence-corrected chi connectivity index (χ0v) is 9.33. The van der Waals surface area contributed by atoms with E-state index in [0.29, 0.717) is 5.89 Å². The third-order valence-electron chi connectivity index (χ3n) is 1.17. The van der Waals surface area contributed by atoms with Gasteiger partial charge in [0, 0.05) is 0 Å². The minimum absolute atomic E-state index is 0.0198. The molecular weight excluding hydrogens is 275 g/mol. The molecule has 0 spiro atoms. The summed E-state index contributed by atoms with van der Waals surface area (Å²) in [5, 5.41) is 3.81. The fraction of sp³-hybridized carbons (Fsp3) is 0.667. The van der Waals surface area contributed by atoms with Gasteiger partial charge in [-0.05, 0) is 13.8 Å². The van der Waals surface area contributed by atoms with Crippen molar-refractivity contribution in [3.8, 4) is 0 Å². The highest BCUT2D eigenvalue weighted by Gasteiger charge is 2.12. The molecule has 11 heavy (non-hydrogen) atoms. The van der Waals surface area contributed by atoms with Crippen LogP contribution in [-0.2, 0) is 0 Å². The Balaban J connectivity index is 2.82. The van der Waals surface area contributed by atoms with Crippen LogP contribution in [0.25, 0.3) is 0 Å². The second-order valence-corrected chi connectivity index (χ2v) is 4.93. The first-order chi connectivity index (χ1) is 5.11. The molecule has 2 unspecified atom stereocenters. The van der Waals surface area contributed by atoms with Crippen LogP contribution in [0.5, 0.6) is 0 Å². The maximum absolute atomic E-state index is 4.95. The number of aromatic nitrogens is 2. The third kappa shape index (κ3) is 2.33. The minimum atomic E-state index is 0.0198. The molecule has 0 amide bonds. The summed E-state index contributed by atoms with van der Waals surface area (Å²) in [6.07, 6.45) is 0. The van der Waals surface area contributed by atoms with Crippen molar-refractivity contribution in [2.75, 3.05) is 0 Å². The summed E-state index contributed by atoms with van der Waals surface area (Å²) in [6.45, 7) is 3.91. The average molecular weight is 284 g/mol. The standard InChI is InChI=1S/C6H9IN2OS/c1-3(7)5-8-6(4(2)11)10-9-5/h3-4,11H,1-2H3. The van der Waals surface area contributed by atoms with Gasteiger partial charge in [-0.1, -0.05) is 27.7 Å². The quantitative estimate of drug-likeness (QED) is 0.515. The fourth-order valence-electron chi connectivity index (χ4n) is 0.579. The summed E-state index contributed by atoms with van der Waals surface area (Å²) in [5.74, 6) is 1.33. The molecule has 0 aliphatic rings. The molecular formula is C6H9IN2OS. The third-order valence-corrected chi connectivity index (χ3v) is 1.95. The Morgan fingerprint density at radius 1 is 1.55 bits per heavy atom. The molecule has 3 nitrogen and oxygen atoms in total. The molecule has 0 bridgehead atoms. The van der Waals surface area contributed by atoms with Crippen molar-refractivity contribution in [3.63, 3.8) is 0 Å². The Labute approximate surface area is 84.5 Å². The van der Waals surface area contributed by atoms with Crippen LogP contribution in [-0.4, -0.2) is 10.1 Å². The molecule has 0 saturated heterocycles.